The van der Waals surface area contributed by atoms with Gasteiger partial charge in [0.25, 0.3) is 5.56 Å². The van der Waals surface area contributed by atoms with Crippen molar-refractivity contribution in [1.82, 2.24) is 24.6 Å². The van der Waals surface area contributed by atoms with Crippen LogP contribution in [-0.2, 0) is 17.5 Å². The molecule has 1 amide bonds. The first kappa shape index (κ1) is 19.4. The second kappa shape index (κ2) is 7.18. The average Bonchev–Trinajstić information content (AvgIpc) is 3.33. The maximum absolute atomic E-state index is 13.2. The molecule has 3 heterocycles. The Morgan fingerprint density at radius 3 is 2.66 bits per heavy atom. The lowest BCUT2D eigenvalue weighted by molar-refractivity contribution is -0.137. The van der Waals surface area contributed by atoms with Crippen molar-refractivity contribution in [2.45, 2.75) is 25.6 Å². The van der Waals surface area contributed by atoms with Crippen LogP contribution in [0.3, 0.4) is 0 Å². The number of carbonyl (C=O) groups excluding carboxylic acids is 1. The van der Waals surface area contributed by atoms with Crippen LogP contribution in [0.1, 0.15) is 18.4 Å². The van der Waals surface area contributed by atoms with Crippen LogP contribution in [0.25, 0.3) is 22.3 Å². The van der Waals surface area contributed by atoms with Crippen LogP contribution < -0.4 is 5.56 Å². The Bertz CT molecular complexity index is 1150. The van der Waals surface area contributed by atoms with Crippen LogP contribution in [0, 0.1) is 0 Å². The molecule has 7 nitrogen and oxygen atoms in total. The first-order chi connectivity index (χ1) is 13.8. The van der Waals surface area contributed by atoms with E-state index >= 15 is 0 Å². The van der Waals surface area contributed by atoms with Gasteiger partial charge < -0.3 is 4.90 Å². The first-order valence-corrected chi connectivity index (χ1v) is 9.22. The first-order valence-electron chi connectivity index (χ1n) is 8.84. The predicted molar refractivity (Wildman–Crippen MR) is 99.4 cm³/mol. The Morgan fingerprint density at radius 1 is 1.24 bits per heavy atom. The summed E-state index contributed by atoms with van der Waals surface area (Å²) in [5, 5.41) is 6.05. The number of likely N-dealkylation sites (tertiary alicyclic amines) is 1. The molecule has 3 aromatic rings. The Kier molecular flexibility index (Phi) is 4.81. The van der Waals surface area contributed by atoms with E-state index in [1.807, 2.05) is 0 Å². The van der Waals surface area contributed by atoms with E-state index in [1.54, 1.807) is 4.90 Å². The maximum atomic E-state index is 13.2. The molecular formula is C18H15ClF3N5O2. The zero-order valence-electron chi connectivity index (χ0n) is 15.0. The van der Waals surface area contributed by atoms with E-state index in [1.165, 1.54) is 12.4 Å². The summed E-state index contributed by atoms with van der Waals surface area (Å²) in [6, 6.07) is 3.32. The number of carbonyl (C=O) groups is 1. The van der Waals surface area contributed by atoms with Gasteiger partial charge in [-0.2, -0.15) is 18.3 Å². The molecule has 1 aromatic carbocycles. The molecule has 0 unspecified atom stereocenters. The Balaban J connectivity index is 1.77. The van der Waals surface area contributed by atoms with Gasteiger partial charge in [0.05, 0.1) is 16.3 Å². The second-order valence-corrected chi connectivity index (χ2v) is 7.16. The number of rotatable bonds is 3. The lowest BCUT2D eigenvalue weighted by Gasteiger charge is -2.15. The van der Waals surface area contributed by atoms with Crippen molar-refractivity contribution in [3.63, 3.8) is 0 Å². The summed E-state index contributed by atoms with van der Waals surface area (Å²) in [5.74, 6) is -0.207. The number of nitrogens with one attached hydrogen (secondary N) is 1. The van der Waals surface area contributed by atoms with Crippen LogP contribution in [0.15, 0.2) is 29.3 Å². The predicted octanol–water partition coefficient (Wildman–Crippen LogP) is 3.08. The monoisotopic (exact) mass is 425 g/mol. The van der Waals surface area contributed by atoms with E-state index in [-0.39, 0.29) is 34.7 Å². The number of benzene rings is 1. The molecule has 0 spiro atoms. The molecule has 29 heavy (non-hydrogen) atoms. The number of H-pyrrole nitrogens is 1. The van der Waals surface area contributed by atoms with E-state index in [2.05, 4.69) is 15.2 Å². The van der Waals surface area contributed by atoms with Crippen molar-refractivity contribution < 1.29 is 18.0 Å². The van der Waals surface area contributed by atoms with Gasteiger partial charge in [-0.1, -0.05) is 17.7 Å². The SMILES string of the molecule is O=C(Cn1cnc2n[nH]c(-c3ccc(Cl)c(C(F)(F)F)c3)c2c1=O)N1CCCC1. The molecule has 1 saturated heterocycles. The summed E-state index contributed by atoms with van der Waals surface area (Å²) in [6.45, 7) is 1.09. The van der Waals surface area contributed by atoms with E-state index in [0.717, 1.165) is 29.5 Å². The second-order valence-electron chi connectivity index (χ2n) is 6.76. The van der Waals surface area contributed by atoms with Crippen molar-refractivity contribution in [3.05, 3.63) is 45.5 Å². The summed E-state index contributed by atoms with van der Waals surface area (Å²) in [7, 11) is 0. The Labute approximate surface area is 167 Å². The molecule has 0 radical (unpaired) electrons. The Morgan fingerprint density at radius 2 is 1.97 bits per heavy atom. The molecule has 1 aliphatic rings. The van der Waals surface area contributed by atoms with Crippen molar-refractivity contribution >= 4 is 28.5 Å². The molecule has 4 rings (SSSR count). The third-order valence-corrected chi connectivity index (χ3v) is 5.20. The number of halogens is 4. The molecule has 0 bridgehead atoms. The number of aromatic nitrogens is 4. The fourth-order valence-corrected chi connectivity index (χ4v) is 3.61. The summed E-state index contributed by atoms with van der Waals surface area (Å²) in [6.07, 6.45) is -1.60. The minimum atomic E-state index is -4.65. The third kappa shape index (κ3) is 3.59. The van der Waals surface area contributed by atoms with Crippen LogP contribution in [0.4, 0.5) is 13.2 Å². The number of hydrogen-bond acceptors (Lipinski definition) is 4. The number of hydrogen-bond donors (Lipinski definition) is 1. The molecule has 0 saturated carbocycles. The standard InChI is InChI=1S/C18H15ClF3N5O2/c19-12-4-3-10(7-11(12)18(20,21)22)15-14-16(25-24-15)23-9-27(17(14)29)8-13(28)26-5-1-2-6-26/h3-4,7,9H,1-2,5-6,8H2,(H,24,25). The zero-order chi connectivity index (χ0) is 20.8. The highest BCUT2D eigenvalue weighted by Gasteiger charge is 2.33. The van der Waals surface area contributed by atoms with Gasteiger partial charge in [0.15, 0.2) is 5.65 Å². The summed E-state index contributed by atoms with van der Waals surface area (Å²) < 4.78 is 40.7. The van der Waals surface area contributed by atoms with Gasteiger partial charge in [0.1, 0.15) is 18.3 Å². The van der Waals surface area contributed by atoms with Crippen LogP contribution in [0.5, 0.6) is 0 Å². The smallest absolute Gasteiger partial charge is 0.341 e. The van der Waals surface area contributed by atoms with Gasteiger partial charge >= 0.3 is 6.18 Å². The molecule has 11 heteroatoms. The van der Waals surface area contributed by atoms with E-state index < -0.39 is 22.3 Å². The fourth-order valence-electron chi connectivity index (χ4n) is 3.38. The van der Waals surface area contributed by atoms with Gasteiger partial charge in [0.2, 0.25) is 5.91 Å². The largest absolute Gasteiger partial charge is 0.417 e. The van der Waals surface area contributed by atoms with E-state index in [9.17, 15) is 22.8 Å². The molecule has 0 atom stereocenters. The molecule has 1 N–H and O–H groups in total. The van der Waals surface area contributed by atoms with Crippen LogP contribution in [-0.4, -0.2) is 43.6 Å². The van der Waals surface area contributed by atoms with Gasteiger partial charge in [-0.15, -0.1) is 0 Å². The van der Waals surface area contributed by atoms with Crippen LogP contribution in [0.2, 0.25) is 5.02 Å². The number of alkyl halides is 3. The van der Waals surface area contributed by atoms with Crippen molar-refractivity contribution in [2.75, 3.05) is 13.1 Å². The van der Waals surface area contributed by atoms with Crippen molar-refractivity contribution in [1.29, 1.82) is 0 Å². The summed E-state index contributed by atoms with van der Waals surface area (Å²) in [4.78, 5) is 31.0. The molecule has 2 aromatic heterocycles. The van der Waals surface area contributed by atoms with Crippen molar-refractivity contribution in [3.8, 4) is 11.3 Å². The average molecular weight is 426 g/mol. The van der Waals surface area contributed by atoms with Gasteiger partial charge in [-0.3, -0.25) is 19.3 Å². The fraction of sp³-hybridized carbons (Fsp3) is 0.333. The number of fused-ring (bicyclic) bond motifs is 1. The number of nitrogens with zero attached hydrogens (tertiary/aromatic N) is 4. The molecule has 152 valence electrons. The summed E-state index contributed by atoms with van der Waals surface area (Å²) in [5.41, 5.74) is -1.35. The Hall–Kier alpha value is -2.88. The number of amides is 1. The lowest BCUT2D eigenvalue weighted by atomic mass is 10.1. The van der Waals surface area contributed by atoms with Gasteiger partial charge in [-0.05, 0) is 25.0 Å². The third-order valence-electron chi connectivity index (χ3n) is 4.87. The minimum Gasteiger partial charge on any atom is -0.341 e. The summed E-state index contributed by atoms with van der Waals surface area (Å²) >= 11 is 5.67. The van der Waals surface area contributed by atoms with E-state index in [0.29, 0.717) is 13.1 Å². The van der Waals surface area contributed by atoms with Gasteiger partial charge in [-0.25, -0.2) is 4.98 Å². The maximum Gasteiger partial charge on any atom is 0.417 e. The van der Waals surface area contributed by atoms with Crippen LogP contribution >= 0.6 is 11.6 Å². The topological polar surface area (TPSA) is 83.9 Å². The highest BCUT2D eigenvalue weighted by molar-refractivity contribution is 6.31. The normalized spacial score (nSPS) is 14.7. The molecule has 0 aliphatic carbocycles. The molecule has 1 fully saturated rings. The van der Waals surface area contributed by atoms with E-state index in [4.69, 9.17) is 11.6 Å². The minimum absolute atomic E-state index is 0.0113. The highest BCUT2D eigenvalue weighted by atomic mass is 35.5. The molecular weight excluding hydrogens is 411 g/mol. The number of aromatic amines is 1. The van der Waals surface area contributed by atoms with Gasteiger partial charge in [0, 0.05) is 18.7 Å². The zero-order valence-corrected chi connectivity index (χ0v) is 15.7. The quantitative estimate of drug-likeness (QED) is 0.699. The highest BCUT2D eigenvalue weighted by Crippen LogP contribution is 2.37. The lowest BCUT2D eigenvalue weighted by Crippen LogP contribution is -2.34. The van der Waals surface area contributed by atoms with Crippen molar-refractivity contribution in [2.24, 2.45) is 0 Å². The molecule has 1 aliphatic heterocycles.